The third kappa shape index (κ3) is 6.23. The van der Waals surface area contributed by atoms with Gasteiger partial charge in [-0.05, 0) is 48.4 Å². The molecule has 4 rings (SSSR count). The number of alkyl halides is 2. The molecule has 0 radical (unpaired) electrons. The fourth-order valence-electron chi connectivity index (χ4n) is 4.36. The van der Waals surface area contributed by atoms with E-state index >= 15 is 0 Å². The molecule has 0 bridgehead atoms. The van der Waals surface area contributed by atoms with Crippen molar-refractivity contribution < 1.29 is 44.9 Å². The molecule has 1 saturated heterocycles. The predicted molar refractivity (Wildman–Crippen MR) is 124 cm³/mol. The smallest absolute Gasteiger partial charge is 0.429 e. The Bertz CT molecular complexity index is 1230. The summed E-state index contributed by atoms with van der Waals surface area (Å²) in [5.74, 6) is -10.3. The molecule has 0 aromatic heterocycles. The Morgan fingerprint density at radius 3 is 2.16 bits per heavy atom. The summed E-state index contributed by atoms with van der Waals surface area (Å²) in [4.78, 5) is 0. The van der Waals surface area contributed by atoms with Crippen LogP contribution in [-0.4, -0.2) is 6.61 Å². The normalized spacial score (nSPS) is 17.9. The topological polar surface area (TPSA) is 27.7 Å². The average molecular weight is 542 g/mol. The van der Waals surface area contributed by atoms with E-state index in [-0.39, 0.29) is 24.8 Å². The van der Waals surface area contributed by atoms with Crippen LogP contribution in [0.4, 0.5) is 30.7 Å². The van der Waals surface area contributed by atoms with Crippen LogP contribution in [0.5, 0.6) is 11.5 Å². The van der Waals surface area contributed by atoms with Gasteiger partial charge in [0.1, 0.15) is 17.9 Å². The molecule has 0 spiro atoms. The number of rotatable bonds is 9. The van der Waals surface area contributed by atoms with Crippen LogP contribution in [-0.2, 0) is 17.5 Å². The summed E-state index contributed by atoms with van der Waals surface area (Å²) in [7, 11) is 0. The van der Waals surface area contributed by atoms with E-state index in [4.69, 9.17) is 9.47 Å². The van der Waals surface area contributed by atoms with Gasteiger partial charge >= 0.3 is 6.11 Å². The molecule has 1 aliphatic rings. The fraction of sp³-hybridized carbons (Fsp3) is 0.357. The van der Waals surface area contributed by atoms with Gasteiger partial charge in [0.2, 0.25) is 5.82 Å². The molecule has 3 aromatic rings. The molecule has 204 valence electrons. The van der Waals surface area contributed by atoms with Crippen molar-refractivity contribution in [2.75, 3.05) is 6.61 Å². The minimum absolute atomic E-state index is 0.0102. The van der Waals surface area contributed by atoms with E-state index in [0.717, 1.165) is 37.3 Å². The second kappa shape index (κ2) is 11.6. The van der Waals surface area contributed by atoms with Gasteiger partial charge in [-0.2, -0.15) is 13.2 Å². The van der Waals surface area contributed by atoms with Gasteiger partial charge in [-0.25, -0.2) is 17.6 Å². The van der Waals surface area contributed by atoms with Crippen LogP contribution in [0.15, 0.2) is 48.5 Å². The Balaban J connectivity index is 1.40. The number of hydrogen-bond acceptors (Lipinski definition) is 3. The molecule has 10 heteroatoms. The maximum absolute atomic E-state index is 14.5. The summed E-state index contributed by atoms with van der Waals surface area (Å²) in [6.07, 6.45) is -0.282. The zero-order valence-electron chi connectivity index (χ0n) is 20.4. The third-order valence-electron chi connectivity index (χ3n) is 6.38. The maximum atomic E-state index is 14.5. The van der Waals surface area contributed by atoms with Gasteiger partial charge < -0.3 is 14.2 Å². The molecule has 2 unspecified atom stereocenters. The summed E-state index contributed by atoms with van der Waals surface area (Å²) in [5.41, 5.74) is 0.0882. The van der Waals surface area contributed by atoms with Crippen LogP contribution in [0, 0.1) is 35.0 Å². The predicted octanol–water partition coefficient (Wildman–Crippen LogP) is 8.36. The molecule has 3 aromatic carbocycles. The monoisotopic (exact) mass is 542 g/mol. The quantitative estimate of drug-likeness (QED) is 0.201. The van der Waals surface area contributed by atoms with Crippen LogP contribution in [0.1, 0.15) is 55.4 Å². The van der Waals surface area contributed by atoms with Crippen molar-refractivity contribution in [1.29, 1.82) is 0 Å². The lowest BCUT2D eigenvalue weighted by molar-refractivity contribution is -0.188. The molecular weight excluding hydrogens is 517 g/mol. The highest BCUT2D eigenvalue weighted by molar-refractivity contribution is 5.34. The largest absolute Gasteiger partial charge is 0.486 e. The van der Waals surface area contributed by atoms with E-state index in [0.29, 0.717) is 24.2 Å². The lowest BCUT2D eigenvalue weighted by Gasteiger charge is -2.29. The van der Waals surface area contributed by atoms with Gasteiger partial charge in [0.15, 0.2) is 29.0 Å². The molecule has 2 atom stereocenters. The second-order valence-corrected chi connectivity index (χ2v) is 9.14. The molecule has 0 N–H and O–H groups in total. The Labute approximate surface area is 215 Å². The number of hydrogen-bond donors (Lipinski definition) is 0. The highest BCUT2D eigenvalue weighted by Crippen LogP contribution is 2.37. The zero-order valence-corrected chi connectivity index (χ0v) is 20.4. The Morgan fingerprint density at radius 2 is 1.55 bits per heavy atom. The highest BCUT2D eigenvalue weighted by atomic mass is 19.3. The standard InChI is InChI=1S/C28H25F7O3/c1-2-3-16-6-10-23(36-14-16)18-7-4-17(5-8-18)15-37-24-11-9-20(25(31)27(24)33)28(34,35)38-19-12-21(29)26(32)22(30)13-19/h4-5,7-9,11-13,16,23H,2-3,6,10,14-15H2,1H3. The van der Waals surface area contributed by atoms with Crippen LogP contribution in [0.3, 0.4) is 0 Å². The highest BCUT2D eigenvalue weighted by Gasteiger charge is 2.40. The molecule has 3 nitrogen and oxygen atoms in total. The Morgan fingerprint density at radius 1 is 0.868 bits per heavy atom. The number of ether oxygens (including phenoxy) is 3. The van der Waals surface area contributed by atoms with E-state index in [1.807, 2.05) is 12.1 Å². The van der Waals surface area contributed by atoms with E-state index in [2.05, 4.69) is 11.7 Å². The molecule has 0 aliphatic carbocycles. The summed E-state index contributed by atoms with van der Waals surface area (Å²) in [6, 6.07) is 8.86. The van der Waals surface area contributed by atoms with Crippen LogP contribution < -0.4 is 9.47 Å². The molecular formula is C28H25F7O3. The summed E-state index contributed by atoms with van der Waals surface area (Å²) >= 11 is 0. The van der Waals surface area contributed by atoms with E-state index in [1.54, 1.807) is 12.1 Å². The van der Waals surface area contributed by atoms with E-state index < -0.39 is 52.3 Å². The first-order chi connectivity index (χ1) is 18.1. The lowest BCUT2D eigenvalue weighted by Crippen LogP contribution is -2.24. The molecule has 1 aliphatic heterocycles. The average Bonchev–Trinajstić information content (AvgIpc) is 2.88. The summed E-state index contributed by atoms with van der Waals surface area (Å²) in [6.45, 7) is 2.70. The van der Waals surface area contributed by atoms with Crippen molar-refractivity contribution in [3.8, 4) is 11.5 Å². The van der Waals surface area contributed by atoms with Crippen molar-refractivity contribution in [2.24, 2.45) is 5.92 Å². The molecule has 1 fully saturated rings. The van der Waals surface area contributed by atoms with Crippen molar-refractivity contribution in [1.82, 2.24) is 0 Å². The summed E-state index contributed by atoms with van der Waals surface area (Å²) in [5, 5.41) is 0. The SMILES string of the molecule is CCCC1CCC(c2ccc(COc3ccc(C(F)(F)Oc4cc(F)c(F)c(F)c4)c(F)c3F)cc2)OC1. The van der Waals surface area contributed by atoms with Crippen molar-refractivity contribution in [3.63, 3.8) is 0 Å². The molecule has 0 saturated carbocycles. The minimum atomic E-state index is -4.53. The third-order valence-corrected chi connectivity index (χ3v) is 6.38. The Hall–Kier alpha value is -3.27. The van der Waals surface area contributed by atoms with Crippen molar-refractivity contribution in [2.45, 2.75) is 51.4 Å². The molecule has 0 amide bonds. The first-order valence-electron chi connectivity index (χ1n) is 12.1. The Kier molecular flexibility index (Phi) is 8.50. The number of benzene rings is 3. The molecule has 38 heavy (non-hydrogen) atoms. The van der Waals surface area contributed by atoms with Crippen molar-refractivity contribution in [3.05, 3.63) is 94.3 Å². The lowest BCUT2D eigenvalue weighted by atomic mass is 9.91. The zero-order chi connectivity index (χ0) is 27.4. The van der Waals surface area contributed by atoms with Gasteiger partial charge in [-0.15, -0.1) is 0 Å². The first-order valence-corrected chi connectivity index (χ1v) is 12.1. The fourth-order valence-corrected chi connectivity index (χ4v) is 4.36. The van der Waals surface area contributed by atoms with Crippen LogP contribution >= 0.6 is 0 Å². The van der Waals surface area contributed by atoms with Gasteiger partial charge in [-0.3, -0.25) is 0 Å². The van der Waals surface area contributed by atoms with Crippen LogP contribution in [0.2, 0.25) is 0 Å². The summed E-state index contributed by atoms with van der Waals surface area (Å²) < 4.78 is 113. The number of halogens is 7. The first kappa shape index (κ1) is 27.8. The van der Waals surface area contributed by atoms with Crippen molar-refractivity contribution >= 4 is 0 Å². The van der Waals surface area contributed by atoms with Gasteiger partial charge in [0.25, 0.3) is 0 Å². The van der Waals surface area contributed by atoms with E-state index in [1.165, 1.54) is 0 Å². The van der Waals surface area contributed by atoms with Crippen LogP contribution in [0.25, 0.3) is 0 Å². The van der Waals surface area contributed by atoms with Gasteiger partial charge in [0.05, 0.1) is 12.7 Å². The maximum Gasteiger partial charge on any atom is 0.429 e. The van der Waals surface area contributed by atoms with Gasteiger partial charge in [0, 0.05) is 12.1 Å². The van der Waals surface area contributed by atoms with Gasteiger partial charge in [-0.1, -0.05) is 37.6 Å². The van der Waals surface area contributed by atoms with E-state index in [9.17, 15) is 30.7 Å². The second-order valence-electron chi connectivity index (χ2n) is 9.14. The molecule has 1 heterocycles. The minimum Gasteiger partial charge on any atom is -0.486 e.